The Hall–Kier alpha value is -1.44. The molecular formula is C16H22FN3. The summed E-state index contributed by atoms with van der Waals surface area (Å²) < 4.78 is 13.3. The average molecular weight is 275 g/mol. The smallest absolute Gasteiger partial charge is 0.126 e. The van der Waals surface area contributed by atoms with Crippen molar-refractivity contribution >= 4 is 0 Å². The molecular weight excluding hydrogens is 253 g/mol. The van der Waals surface area contributed by atoms with E-state index in [9.17, 15) is 9.65 Å². The van der Waals surface area contributed by atoms with Gasteiger partial charge in [-0.2, -0.15) is 5.26 Å². The first kappa shape index (κ1) is 15.0. The van der Waals surface area contributed by atoms with Crippen LogP contribution in [0.3, 0.4) is 0 Å². The highest BCUT2D eigenvalue weighted by Gasteiger charge is 2.33. The third-order valence-electron chi connectivity index (χ3n) is 4.21. The van der Waals surface area contributed by atoms with Gasteiger partial charge >= 0.3 is 0 Å². The largest absolute Gasteiger partial charge is 0.304 e. The van der Waals surface area contributed by atoms with Crippen LogP contribution >= 0.6 is 0 Å². The topological polar surface area (TPSA) is 30.3 Å². The summed E-state index contributed by atoms with van der Waals surface area (Å²) in [5.41, 5.74) is 1.14. The van der Waals surface area contributed by atoms with Crippen molar-refractivity contribution in [3.05, 3.63) is 35.1 Å². The molecule has 0 aliphatic carbocycles. The van der Waals surface area contributed by atoms with Gasteiger partial charge in [-0.3, -0.25) is 4.90 Å². The molecule has 1 aromatic carbocycles. The van der Waals surface area contributed by atoms with Crippen molar-refractivity contribution in [1.82, 2.24) is 9.80 Å². The summed E-state index contributed by atoms with van der Waals surface area (Å²) in [4.78, 5) is 4.52. The standard InChI is InChI=1S/C16H22FN3/c1-13-10-14(4-5-15(13)17)11-16(2,12-18)20-8-6-19(3)7-9-20/h4-5,10H,6-9,11H2,1-3H3. The molecule has 1 aliphatic heterocycles. The van der Waals surface area contributed by atoms with Crippen LogP contribution in [0.15, 0.2) is 18.2 Å². The van der Waals surface area contributed by atoms with E-state index in [0.29, 0.717) is 12.0 Å². The number of hydrogen-bond acceptors (Lipinski definition) is 3. The number of halogens is 1. The molecule has 1 saturated heterocycles. The SMILES string of the molecule is Cc1cc(CC(C)(C#N)N2CCN(C)CC2)ccc1F. The van der Waals surface area contributed by atoms with Crippen molar-refractivity contribution in [3.63, 3.8) is 0 Å². The van der Waals surface area contributed by atoms with E-state index in [4.69, 9.17) is 0 Å². The van der Waals surface area contributed by atoms with E-state index in [-0.39, 0.29) is 5.82 Å². The van der Waals surface area contributed by atoms with E-state index in [1.165, 1.54) is 6.07 Å². The number of nitrogens with zero attached hydrogens (tertiary/aromatic N) is 3. The zero-order chi connectivity index (χ0) is 14.8. The average Bonchev–Trinajstić information content (AvgIpc) is 2.43. The molecule has 1 unspecified atom stereocenters. The minimum absolute atomic E-state index is 0.188. The molecule has 0 amide bonds. The molecule has 0 radical (unpaired) electrons. The summed E-state index contributed by atoms with van der Waals surface area (Å²) in [6.07, 6.45) is 0.633. The third-order valence-corrected chi connectivity index (χ3v) is 4.21. The maximum absolute atomic E-state index is 13.3. The van der Waals surface area contributed by atoms with Crippen molar-refractivity contribution in [2.24, 2.45) is 0 Å². The van der Waals surface area contributed by atoms with Gasteiger partial charge < -0.3 is 4.90 Å². The van der Waals surface area contributed by atoms with Gasteiger partial charge in [0.2, 0.25) is 0 Å². The van der Waals surface area contributed by atoms with Gasteiger partial charge in [-0.1, -0.05) is 12.1 Å². The van der Waals surface area contributed by atoms with Crippen molar-refractivity contribution in [1.29, 1.82) is 5.26 Å². The van der Waals surface area contributed by atoms with E-state index in [2.05, 4.69) is 22.9 Å². The summed E-state index contributed by atoms with van der Waals surface area (Å²) in [5, 5.41) is 9.61. The van der Waals surface area contributed by atoms with Crippen LogP contribution in [-0.4, -0.2) is 48.6 Å². The quantitative estimate of drug-likeness (QED) is 0.847. The van der Waals surface area contributed by atoms with E-state index in [1.807, 2.05) is 13.0 Å². The molecule has 2 rings (SSSR count). The Morgan fingerprint density at radius 3 is 2.50 bits per heavy atom. The van der Waals surface area contributed by atoms with E-state index in [1.54, 1.807) is 13.0 Å². The summed E-state index contributed by atoms with van der Waals surface area (Å²) in [5.74, 6) is -0.188. The van der Waals surface area contributed by atoms with Gasteiger partial charge in [0, 0.05) is 32.6 Å². The maximum atomic E-state index is 13.3. The lowest BCUT2D eigenvalue weighted by molar-refractivity contribution is 0.0835. The second-order valence-corrected chi connectivity index (χ2v) is 5.94. The first-order chi connectivity index (χ1) is 9.44. The van der Waals surface area contributed by atoms with Crippen LogP contribution in [0.1, 0.15) is 18.1 Å². The molecule has 108 valence electrons. The lowest BCUT2D eigenvalue weighted by Crippen LogP contribution is -2.55. The molecule has 0 saturated carbocycles. The minimum atomic E-state index is -0.522. The molecule has 1 heterocycles. The van der Waals surface area contributed by atoms with Crippen LogP contribution in [0.2, 0.25) is 0 Å². The van der Waals surface area contributed by atoms with Crippen LogP contribution in [0, 0.1) is 24.1 Å². The molecule has 4 heteroatoms. The Morgan fingerprint density at radius 2 is 1.95 bits per heavy atom. The molecule has 1 atom stereocenters. The zero-order valence-electron chi connectivity index (χ0n) is 12.5. The first-order valence-electron chi connectivity index (χ1n) is 7.04. The van der Waals surface area contributed by atoms with Gasteiger partial charge in [-0.25, -0.2) is 4.39 Å². The van der Waals surface area contributed by atoms with Gasteiger partial charge in [-0.15, -0.1) is 0 Å². The Bertz CT molecular complexity index is 515. The molecule has 20 heavy (non-hydrogen) atoms. The number of hydrogen-bond donors (Lipinski definition) is 0. The summed E-state index contributed by atoms with van der Waals surface area (Å²) in [7, 11) is 2.10. The van der Waals surface area contributed by atoms with Crippen LogP contribution in [0.4, 0.5) is 4.39 Å². The molecule has 3 nitrogen and oxygen atoms in total. The fourth-order valence-electron chi connectivity index (χ4n) is 2.74. The molecule has 0 spiro atoms. The number of rotatable bonds is 3. The maximum Gasteiger partial charge on any atom is 0.126 e. The lowest BCUT2D eigenvalue weighted by Gasteiger charge is -2.41. The predicted molar refractivity (Wildman–Crippen MR) is 77.9 cm³/mol. The first-order valence-corrected chi connectivity index (χ1v) is 7.04. The fraction of sp³-hybridized carbons (Fsp3) is 0.562. The second kappa shape index (κ2) is 5.90. The number of benzene rings is 1. The normalized spacial score (nSPS) is 20.4. The van der Waals surface area contributed by atoms with Crippen molar-refractivity contribution in [3.8, 4) is 6.07 Å². The van der Waals surface area contributed by atoms with Gasteiger partial charge in [-0.05, 0) is 38.1 Å². The van der Waals surface area contributed by atoms with Gasteiger partial charge in [0.05, 0.1) is 6.07 Å². The Kier molecular flexibility index (Phi) is 4.42. The highest BCUT2D eigenvalue weighted by atomic mass is 19.1. The Labute approximate surface area is 120 Å². The van der Waals surface area contributed by atoms with Gasteiger partial charge in [0.15, 0.2) is 0 Å². The number of aryl methyl sites for hydroxylation is 1. The minimum Gasteiger partial charge on any atom is -0.304 e. The van der Waals surface area contributed by atoms with Gasteiger partial charge in [0.25, 0.3) is 0 Å². The number of piperazine rings is 1. The summed E-state index contributed by atoms with van der Waals surface area (Å²) >= 11 is 0. The van der Waals surface area contributed by atoms with Crippen LogP contribution in [0.25, 0.3) is 0 Å². The number of nitriles is 1. The molecule has 1 fully saturated rings. The van der Waals surface area contributed by atoms with E-state index in [0.717, 1.165) is 31.7 Å². The van der Waals surface area contributed by atoms with Crippen LogP contribution in [0.5, 0.6) is 0 Å². The predicted octanol–water partition coefficient (Wildman–Crippen LogP) is 2.21. The second-order valence-electron chi connectivity index (χ2n) is 5.94. The molecule has 0 aromatic heterocycles. The lowest BCUT2D eigenvalue weighted by atomic mass is 9.91. The van der Waals surface area contributed by atoms with Crippen molar-refractivity contribution in [2.45, 2.75) is 25.8 Å². The third kappa shape index (κ3) is 3.17. The highest BCUT2D eigenvalue weighted by Crippen LogP contribution is 2.23. The Morgan fingerprint density at radius 1 is 1.30 bits per heavy atom. The van der Waals surface area contributed by atoms with E-state index < -0.39 is 5.54 Å². The fourth-order valence-corrected chi connectivity index (χ4v) is 2.74. The molecule has 0 N–H and O–H groups in total. The molecule has 1 aliphatic rings. The molecule has 1 aromatic rings. The molecule has 0 bridgehead atoms. The monoisotopic (exact) mass is 275 g/mol. The summed E-state index contributed by atoms with van der Waals surface area (Å²) in [6.45, 7) is 7.52. The van der Waals surface area contributed by atoms with E-state index >= 15 is 0 Å². The van der Waals surface area contributed by atoms with Crippen LogP contribution < -0.4 is 0 Å². The van der Waals surface area contributed by atoms with Gasteiger partial charge in [0.1, 0.15) is 11.4 Å². The Balaban J connectivity index is 2.14. The highest BCUT2D eigenvalue weighted by molar-refractivity contribution is 5.27. The van der Waals surface area contributed by atoms with Crippen molar-refractivity contribution < 1.29 is 4.39 Å². The van der Waals surface area contributed by atoms with Crippen LogP contribution in [-0.2, 0) is 6.42 Å². The zero-order valence-corrected chi connectivity index (χ0v) is 12.5. The number of likely N-dealkylation sites (N-methyl/N-ethyl adjacent to an activating group) is 1. The van der Waals surface area contributed by atoms with Crippen molar-refractivity contribution in [2.75, 3.05) is 33.2 Å². The summed E-state index contributed by atoms with van der Waals surface area (Å²) in [6, 6.07) is 7.59.